The van der Waals surface area contributed by atoms with Crippen molar-refractivity contribution in [2.75, 3.05) is 23.0 Å². The lowest BCUT2D eigenvalue weighted by Crippen LogP contribution is -2.43. The van der Waals surface area contributed by atoms with Gasteiger partial charge in [-0.3, -0.25) is 4.79 Å². The zero-order valence-corrected chi connectivity index (χ0v) is 15.9. The van der Waals surface area contributed by atoms with E-state index in [1.54, 1.807) is 42.5 Å². The fourth-order valence-corrected chi connectivity index (χ4v) is 4.91. The number of hydrogen-bond donors (Lipinski definition) is 0. The number of nitrogens with zero attached hydrogens (tertiary/aromatic N) is 1. The molecule has 2 aromatic rings. The lowest BCUT2D eigenvalue weighted by Gasteiger charge is -2.28. The molecule has 0 saturated carbocycles. The average molecular weight is 408 g/mol. The van der Waals surface area contributed by atoms with Crippen LogP contribution >= 0.6 is 11.6 Å². The second kappa shape index (κ2) is 8.10. The average Bonchev–Trinajstić information content (AvgIpc) is 3.00. The highest BCUT2D eigenvalue weighted by Gasteiger charge is 2.35. The minimum atomic E-state index is -3.18. The van der Waals surface area contributed by atoms with Crippen LogP contribution in [-0.4, -0.2) is 44.4 Å². The topological polar surface area (TPSA) is 80.8 Å². The first-order valence-electron chi connectivity index (χ1n) is 8.36. The van der Waals surface area contributed by atoms with E-state index in [0.29, 0.717) is 17.1 Å². The number of halogens is 1. The van der Waals surface area contributed by atoms with Gasteiger partial charge in [-0.25, -0.2) is 13.2 Å². The van der Waals surface area contributed by atoms with Crippen molar-refractivity contribution >= 4 is 39.0 Å². The normalized spacial score (nSPS) is 18.0. The number of rotatable bonds is 5. The van der Waals surface area contributed by atoms with E-state index in [0.717, 1.165) is 0 Å². The minimum absolute atomic E-state index is 0.0383. The molecular formula is C19H18ClNO5S. The molecule has 0 unspecified atom stereocenters. The first kappa shape index (κ1) is 19.4. The lowest BCUT2D eigenvalue weighted by atomic mass is 10.2. The van der Waals surface area contributed by atoms with Gasteiger partial charge in [-0.1, -0.05) is 35.9 Å². The SMILES string of the molecule is O=C(OCC(=O)N(c1ccccc1)[C@H]1CCS(=O)(=O)C1)c1cccc(Cl)c1. The highest BCUT2D eigenvalue weighted by molar-refractivity contribution is 7.91. The zero-order valence-electron chi connectivity index (χ0n) is 14.4. The number of ether oxygens (including phenoxy) is 1. The van der Waals surface area contributed by atoms with Gasteiger partial charge in [0.05, 0.1) is 23.1 Å². The molecule has 1 fully saturated rings. The molecule has 0 spiro atoms. The Kier molecular flexibility index (Phi) is 5.82. The molecule has 1 heterocycles. The molecule has 0 aliphatic carbocycles. The number of hydrogen-bond acceptors (Lipinski definition) is 5. The van der Waals surface area contributed by atoms with E-state index in [2.05, 4.69) is 0 Å². The van der Waals surface area contributed by atoms with Crippen LogP contribution < -0.4 is 4.90 Å². The molecule has 27 heavy (non-hydrogen) atoms. The van der Waals surface area contributed by atoms with Gasteiger partial charge in [0, 0.05) is 10.7 Å². The van der Waals surface area contributed by atoms with Gasteiger partial charge in [0.25, 0.3) is 5.91 Å². The quantitative estimate of drug-likeness (QED) is 0.712. The highest BCUT2D eigenvalue weighted by atomic mass is 35.5. The summed E-state index contributed by atoms with van der Waals surface area (Å²) in [6, 6.07) is 14.5. The van der Waals surface area contributed by atoms with E-state index in [-0.39, 0.29) is 17.1 Å². The summed E-state index contributed by atoms with van der Waals surface area (Å²) in [4.78, 5) is 26.3. The van der Waals surface area contributed by atoms with E-state index in [4.69, 9.17) is 16.3 Å². The molecule has 2 aromatic carbocycles. The summed E-state index contributed by atoms with van der Waals surface area (Å²) in [7, 11) is -3.18. The molecule has 0 radical (unpaired) electrons. The number of esters is 1. The second-order valence-electron chi connectivity index (χ2n) is 6.24. The van der Waals surface area contributed by atoms with Crippen molar-refractivity contribution in [3.63, 3.8) is 0 Å². The van der Waals surface area contributed by atoms with Gasteiger partial charge in [0.15, 0.2) is 16.4 Å². The van der Waals surface area contributed by atoms with Gasteiger partial charge in [0.2, 0.25) is 0 Å². The van der Waals surface area contributed by atoms with Crippen LogP contribution in [0.3, 0.4) is 0 Å². The first-order valence-corrected chi connectivity index (χ1v) is 10.6. The molecule has 1 atom stereocenters. The molecule has 0 aromatic heterocycles. The van der Waals surface area contributed by atoms with Crippen molar-refractivity contribution in [2.45, 2.75) is 12.5 Å². The van der Waals surface area contributed by atoms with Crippen molar-refractivity contribution in [2.24, 2.45) is 0 Å². The largest absolute Gasteiger partial charge is 0.452 e. The van der Waals surface area contributed by atoms with Gasteiger partial charge in [-0.15, -0.1) is 0 Å². The van der Waals surface area contributed by atoms with E-state index < -0.39 is 34.4 Å². The summed E-state index contributed by atoms with van der Waals surface area (Å²) < 4.78 is 28.8. The number of amides is 1. The smallest absolute Gasteiger partial charge is 0.338 e. The summed E-state index contributed by atoms with van der Waals surface area (Å²) in [6.45, 7) is -0.489. The third kappa shape index (κ3) is 4.87. The van der Waals surface area contributed by atoms with Crippen LogP contribution in [0.15, 0.2) is 54.6 Å². The highest BCUT2D eigenvalue weighted by Crippen LogP contribution is 2.24. The Morgan fingerprint density at radius 1 is 1.11 bits per heavy atom. The number of sulfone groups is 1. The van der Waals surface area contributed by atoms with Crippen molar-refractivity contribution in [1.82, 2.24) is 0 Å². The van der Waals surface area contributed by atoms with Gasteiger partial charge in [0.1, 0.15) is 0 Å². The van der Waals surface area contributed by atoms with Crippen LogP contribution in [0.4, 0.5) is 5.69 Å². The molecular weight excluding hydrogens is 390 g/mol. The van der Waals surface area contributed by atoms with Gasteiger partial charge in [-0.2, -0.15) is 0 Å². The fourth-order valence-electron chi connectivity index (χ4n) is 3.02. The monoisotopic (exact) mass is 407 g/mol. The van der Waals surface area contributed by atoms with E-state index in [1.807, 2.05) is 0 Å². The summed E-state index contributed by atoms with van der Waals surface area (Å²) in [5.74, 6) is -1.21. The number of carbonyl (C=O) groups excluding carboxylic acids is 2. The predicted octanol–water partition coefficient (Wildman–Crippen LogP) is 2.72. The standard InChI is InChI=1S/C19H18ClNO5S/c20-15-6-4-5-14(11-15)19(23)26-12-18(22)21(16-7-2-1-3-8-16)17-9-10-27(24,25)13-17/h1-8,11,17H,9-10,12-13H2/t17-/m0/s1. The number of benzene rings is 2. The van der Waals surface area contributed by atoms with Crippen molar-refractivity contribution < 1.29 is 22.7 Å². The number of carbonyl (C=O) groups is 2. The van der Waals surface area contributed by atoms with E-state index >= 15 is 0 Å². The Morgan fingerprint density at radius 3 is 2.48 bits per heavy atom. The zero-order chi connectivity index (χ0) is 19.4. The summed E-state index contributed by atoms with van der Waals surface area (Å²) in [5, 5.41) is 0.387. The molecule has 1 aliphatic heterocycles. The Labute approximate surface area is 162 Å². The molecule has 8 heteroatoms. The van der Waals surface area contributed by atoms with E-state index in [9.17, 15) is 18.0 Å². The van der Waals surface area contributed by atoms with Gasteiger partial charge in [-0.05, 0) is 36.8 Å². The van der Waals surface area contributed by atoms with Crippen molar-refractivity contribution in [3.8, 4) is 0 Å². The Bertz CT molecular complexity index is 946. The third-order valence-corrected chi connectivity index (χ3v) is 6.25. The molecule has 0 N–H and O–H groups in total. The Balaban J connectivity index is 1.74. The maximum atomic E-state index is 12.8. The molecule has 3 rings (SSSR count). The molecule has 1 saturated heterocycles. The van der Waals surface area contributed by atoms with Crippen LogP contribution in [0, 0.1) is 0 Å². The van der Waals surface area contributed by atoms with Crippen LogP contribution in [-0.2, 0) is 19.4 Å². The first-order chi connectivity index (χ1) is 12.9. The molecule has 0 bridgehead atoms. The van der Waals surface area contributed by atoms with Gasteiger partial charge >= 0.3 is 5.97 Å². The summed E-state index contributed by atoms with van der Waals surface area (Å²) in [5.41, 5.74) is 0.813. The maximum absolute atomic E-state index is 12.8. The molecule has 142 valence electrons. The molecule has 1 amide bonds. The van der Waals surface area contributed by atoms with Crippen LogP contribution in [0.1, 0.15) is 16.8 Å². The molecule has 1 aliphatic rings. The second-order valence-corrected chi connectivity index (χ2v) is 8.91. The third-order valence-electron chi connectivity index (χ3n) is 4.26. The van der Waals surface area contributed by atoms with Crippen LogP contribution in [0.2, 0.25) is 5.02 Å². The Morgan fingerprint density at radius 2 is 1.85 bits per heavy atom. The maximum Gasteiger partial charge on any atom is 0.338 e. The van der Waals surface area contributed by atoms with E-state index in [1.165, 1.54) is 17.0 Å². The lowest BCUT2D eigenvalue weighted by molar-refractivity contribution is -0.122. The van der Waals surface area contributed by atoms with Crippen molar-refractivity contribution in [3.05, 3.63) is 65.2 Å². The predicted molar refractivity (Wildman–Crippen MR) is 103 cm³/mol. The van der Waals surface area contributed by atoms with Crippen molar-refractivity contribution in [1.29, 1.82) is 0 Å². The summed E-state index contributed by atoms with van der Waals surface area (Å²) >= 11 is 5.86. The number of anilines is 1. The van der Waals surface area contributed by atoms with Crippen LogP contribution in [0.25, 0.3) is 0 Å². The molecule has 6 nitrogen and oxygen atoms in total. The number of para-hydroxylation sites is 1. The Hall–Kier alpha value is -2.38. The summed E-state index contributed by atoms with van der Waals surface area (Å²) in [6.07, 6.45) is 0.352. The van der Waals surface area contributed by atoms with Crippen LogP contribution in [0.5, 0.6) is 0 Å². The fraction of sp³-hybridized carbons (Fsp3) is 0.263. The van der Waals surface area contributed by atoms with Gasteiger partial charge < -0.3 is 9.64 Å². The minimum Gasteiger partial charge on any atom is -0.452 e.